The Morgan fingerprint density at radius 1 is 1.25 bits per heavy atom. The van der Waals surface area contributed by atoms with Gasteiger partial charge in [-0.25, -0.2) is 4.39 Å². The highest BCUT2D eigenvalue weighted by molar-refractivity contribution is 5.94. The minimum absolute atomic E-state index is 0.0528. The predicted octanol–water partition coefficient (Wildman–Crippen LogP) is 1.71. The Hall–Kier alpha value is -2.12. The second-order valence-electron chi connectivity index (χ2n) is 3.87. The zero-order valence-electron chi connectivity index (χ0n) is 10.5. The molecule has 0 saturated heterocycles. The van der Waals surface area contributed by atoms with E-state index in [9.17, 15) is 27.2 Å². The maximum Gasteiger partial charge on any atom is 0.416 e. The number of carbonyl (C=O) groups excluding carboxylic acids is 2. The average molecular weight is 292 g/mol. The lowest BCUT2D eigenvalue weighted by Crippen LogP contribution is -2.30. The molecule has 0 aliphatic carbocycles. The van der Waals surface area contributed by atoms with E-state index in [0.717, 1.165) is 0 Å². The molecule has 8 heteroatoms. The van der Waals surface area contributed by atoms with Crippen LogP contribution in [-0.2, 0) is 11.0 Å². The van der Waals surface area contributed by atoms with Crippen molar-refractivity contribution in [3.8, 4) is 0 Å². The molecule has 0 unspecified atom stereocenters. The fourth-order valence-electron chi connectivity index (χ4n) is 1.39. The van der Waals surface area contributed by atoms with Crippen molar-refractivity contribution in [2.24, 2.45) is 0 Å². The van der Waals surface area contributed by atoms with Crippen molar-refractivity contribution in [2.75, 3.05) is 13.6 Å². The van der Waals surface area contributed by atoms with E-state index in [2.05, 4.69) is 10.6 Å². The summed E-state index contributed by atoms with van der Waals surface area (Å²) in [5.74, 6) is -2.41. The molecule has 0 atom stereocenters. The Labute approximate surface area is 112 Å². The molecule has 0 radical (unpaired) electrons. The van der Waals surface area contributed by atoms with Gasteiger partial charge in [-0.3, -0.25) is 9.59 Å². The largest absolute Gasteiger partial charge is 0.416 e. The Kier molecular flexibility index (Phi) is 5.06. The molecule has 0 aliphatic rings. The summed E-state index contributed by atoms with van der Waals surface area (Å²) < 4.78 is 50.7. The third-order valence-corrected chi connectivity index (χ3v) is 2.45. The molecule has 0 aromatic heterocycles. The molecule has 4 nitrogen and oxygen atoms in total. The van der Waals surface area contributed by atoms with Crippen molar-refractivity contribution in [3.63, 3.8) is 0 Å². The van der Waals surface area contributed by atoms with Crippen LogP contribution >= 0.6 is 0 Å². The number of carbonyl (C=O) groups is 2. The highest BCUT2D eigenvalue weighted by atomic mass is 19.4. The van der Waals surface area contributed by atoms with Gasteiger partial charge in [-0.05, 0) is 18.2 Å². The third kappa shape index (κ3) is 4.22. The van der Waals surface area contributed by atoms with Gasteiger partial charge in [0.15, 0.2) is 0 Å². The van der Waals surface area contributed by atoms with E-state index in [1.54, 1.807) is 0 Å². The number of amides is 2. The lowest BCUT2D eigenvalue weighted by molar-refractivity contribution is -0.137. The Morgan fingerprint density at radius 2 is 1.90 bits per heavy atom. The molecule has 0 fully saturated rings. The van der Waals surface area contributed by atoms with E-state index >= 15 is 0 Å². The van der Waals surface area contributed by atoms with Crippen LogP contribution in [0.5, 0.6) is 0 Å². The molecule has 0 spiro atoms. The van der Waals surface area contributed by atoms with Crippen molar-refractivity contribution in [2.45, 2.75) is 12.6 Å². The second-order valence-corrected chi connectivity index (χ2v) is 3.87. The number of halogens is 4. The molecule has 0 saturated carbocycles. The molecule has 1 aromatic rings. The molecule has 1 rings (SSSR count). The minimum atomic E-state index is -4.66. The zero-order valence-corrected chi connectivity index (χ0v) is 10.5. The molecular formula is C12H12F4N2O2. The summed E-state index contributed by atoms with van der Waals surface area (Å²) in [7, 11) is 1.40. The molecule has 0 heterocycles. The lowest BCUT2D eigenvalue weighted by Gasteiger charge is -2.10. The number of nitrogens with one attached hydrogen (secondary N) is 2. The normalized spacial score (nSPS) is 11.1. The lowest BCUT2D eigenvalue weighted by atomic mass is 10.1. The van der Waals surface area contributed by atoms with E-state index in [1.807, 2.05) is 0 Å². The van der Waals surface area contributed by atoms with E-state index in [0.29, 0.717) is 18.2 Å². The van der Waals surface area contributed by atoms with Crippen molar-refractivity contribution < 1.29 is 27.2 Å². The van der Waals surface area contributed by atoms with Gasteiger partial charge in [0, 0.05) is 20.0 Å². The third-order valence-electron chi connectivity index (χ3n) is 2.45. The van der Waals surface area contributed by atoms with E-state index < -0.39 is 29.0 Å². The summed E-state index contributed by atoms with van der Waals surface area (Å²) in [5.41, 5.74) is -1.83. The van der Waals surface area contributed by atoms with Gasteiger partial charge in [0.2, 0.25) is 5.91 Å². The molecule has 2 amide bonds. The fraction of sp³-hybridized carbons (Fsp3) is 0.333. The zero-order chi connectivity index (χ0) is 15.3. The molecule has 0 bridgehead atoms. The van der Waals surface area contributed by atoms with E-state index in [1.165, 1.54) is 7.05 Å². The van der Waals surface area contributed by atoms with Gasteiger partial charge in [0.1, 0.15) is 5.82 Å². The summed E-state index contributed by atoms with van der Waals surface area (Å²) in [5, 5.41) is 4.48. The van der Waals surface area contributed by atoms with Crippen LogP contribution < -0.4 is 10.6 Å². The van der Waals surface area contributed by atoms with Gasteiger partial charge in [-0.15, -0.1) is 0 Å². The van der Waals surface area contributed by atoms with E-state index in [-0.39, 0.29) is 18.9 Å². The molecule has 1 aromatic carbocycles. The first-order valence-electron chi connectivity index (χ1n) is 5.61. The topological polar surface area (TPSA) is 58.2 Å². The summed E-state index contributed by atoms with van der Waals surface area (Å²) in [4.78, 5) is 22.5. The maximum atomic E-state index is 13.4. The number of hydrogen-bond acceptors (Lipinski definition) is 2. The molecule has 0 aliphatic heterocycles. The molecular weight excluding hydrogens is 280 g/mol. The Balaban J connectivity index is 2.79. The minimum Gasteiger partial charge on any atom is -0.359 e. The van der Waals surface area contributed by atoms with Gasteiger partial charge < -0.3 is 10.6 Å². The van der Waals surface area contributed by atoms with Gasteiger partial charge in [-0.1, -0.05) is 0 Å². The number of rotatable bonds is 4. The number of alkyl halides is 3. The molecule has 110 valence electrons. The van der Waals surface area contributed by atoms with Crippen molar-refractivity contribution in [1.82, 2.24) is 10.6 Å². The van der Waals surface area contributed by atoms with Gasteiger partial charge in [0.25, 0.3) is 5.91 Å². The highest BCUT2D eigenvalue weighted by Crippen LogP contribution is 2.30. The monoisotopic (exact) mass is 292 g/mol. The van der Waals surface area contributed by atoms with Crippen LogP contribution in [-0.4, -0.2) is 25.4 Å². The highest BCUT2D eigenvalue weighted by Gasteiger charge is 2.31. The van der Waals surface area contributed by atoms with Crippen LogP contribution in [0.4, 0.5) is 17.6 Å². The fourth-order valence-corrected chi connectivity index (χ4v) is 1.39. The Bertz CT molecular complexity index is 515. The van der Waals surface area contributed by atoms with Crippen LogP contribution in [0.15, 0.2) is 18.2 Å². The summed E-state index contributed by atoms with van der Waals surface area (Å²) in [6.07, 6.45) is -4.71. The standard InChI is InChI=1S/C12H12F4N2O2/c1-17-10(19)4-5-18-11(20)8-6-7(12(14,15)16)2-3-9(8)13/h2-3,6H,4-5H2,1H3,(H,17,19)(H,18,20). The second kappa shape index (κ2) is 6.36. The SMILES string of the molecule is CNC(=O)CCNC(=O)c1cc(C(F)(F)F)ccc1F. The van der Waals surface area contributed by atoms with Crippen LogP contribution in [0.25, 0.3) is 0 Å². The van der Waals surface area contributed by atoms with Crippen LogP contribution in [0.3, 0.4) is 0 Å². The van der Waals surface area contributed by atoms with Crippen molar-refractivity contribution >= 4 is 11.8 Å². The van der Waals surface area contributed by atoms with Crippen LogP contribution in [0.2, 0.25) is 0 Å². The maximum absolute atomic E-state index is 13.4. The van der Waals surface area contributed by atoms with Gasteiger partial charge in [0.05, 0.1) is 11.1 Å². The predicted molar refractivity (Wildman–Crippen MR) is 62.4 cm³/mol. The first-order valence-corrected chi connectivity index (χ1v) is 5.61. The van der Waals surface area contributed by atoms with Crippen LogP contribution in [0, 0.1) is 5.82 Å². The Morgan fingerprint density at radius 3 is 2.45 bits per heavy atom. The first kappa shape index (κ1) is 15.9. The number of benzene rings is 1. The number of hydrogen-bond donors (Lipinski definition) is 2. The van der Waals surface area contributed by atoms with Gasteiger partial charge >= 0.3 is 6.18 Å². The van der Waals surface area contributed by atoms with E-state index in [4.69, 9.17) is 0 Å². The molecule has 20 heavy (non-hydrogen) atoms. The van der Waals surface area contributed by atoms with Gasteiger partial charge in [-0.2, -0.15) is 13.2 Å². The van der Waals surface area contributed by atoms with Crippen molar-refractivity contribution in [3.05, 3.63) is 35.1 Å². The molecule has 2 N–H and O–H groups in total. The van der Waals surface area contributed by atoms with Crippen molar-refractivity contribution in [1.29, 1.82) is 0 Å². The first-order chi connectivity index (χ1) is 9.25. The summed E-state index contributed by atoms with van der Waals surface area (Å²) in [6, 6.07) is 1.57. The smallest absolute Gasteiger partial charge is 0.359 e. The quantitative estimate of drug-likeness (QED) is 0.830. The van der Waals surface area contributed by atoms with Crippen LogP contribution in [0.1, 0.15) is 22.3 Å². The average Bonchev–Trinajstić information content (AvgIpc) is 2.37. The summed E-state index contributed by atoms with van der Waals surface area (Å²) in [6.45, 7) is -0.103. The summed E-state index contributed by atoms with van der Waals surface area (Å²) >= 11 is 0.